The molecule has 0 aliphatic heterocycles. The first-order valence-electron chi connectivity index (χ1n) is 8.56. The fourth-order valence-electron chi connectivity index (χ4n) is 2.49. The molecule has 0 aliphatic carbocycles. The minimum atomic E-state index is -0.0885. The van der Waals surface area contributed by atoms with Crippen LogP contribution in [-0.4, -0.2) is 42.7 Å². The molecule has 2 rings (SSSR count). The summed E-state index contributed by atoms with van der Waals surface area (Å²) >= 11 is 0. The van der Waals surface area contributed by atoms with E-state index in [1.54, 1.807) is 24.3 Å². The second-order valence-corrected chi connectivity index (χ2v) is 6.31. The van der Waals surface area contributed by atoms with Gasteiger partial charge in [0.2, 0.25) is 0 Å². The number of carbonyl (C=O) groups is 1. The van der Waals surface area contributed by atoms with Gasteiger partial charge in [0.05, 0.1) is 6.54 Å². The van der Waals surface area contributed by atoms with Gasteiger partial charge >= 0.3 is 6.03 Å². The molecule has 134 valence electrons. The Balaban J connectivity index is 1.70. The van der Waals surface area contributed by atoms with Crippen molar-refractivity contribution >= 4 is 6.03 Å². The summed E-state index contributed by atoms with van der Waals surface area (Å²) in [6.07, 6.45) is 4.34. The van der Waals surface area contributed by atoms with Crippen molar-refractivity contribution in [2.75, 3.05) is 26.7 Å². The second kappa shape index (κ2) is 9.06. The SMILES string of the molecule is Cc1cc(C)c(OCCNC(=O)N(C)CCc2ccncc2)cc1C. The summed E-state index contributed by atoms with van der Waals surface area (Å²) in [4.78, 5) is 17.8. The van der Waals surface area contributed by atoms with Crippen LogP contribution >= 0.6 is 0 Å². The largest absolute Gasteiger partial charge is 0.491 e. The molecule has 1 aromatic carbocycles. The van der Waals surface area contributed by atoms with Crippen LogP contribution in [0.4, 0.5) is 4.79 Å². The van der Waals surface area contributed by atoms with Gasteiger partial charge in [0, 0.05) is 26.0 Å². The summed E-state index contributed by atoms with van der Waals surface area (Å²) in [5, 5.41) is 2.88. The first-order valence-corrected chi connectivity index (χ1v) is 8.56. The van der Waals surface area contributed by atoms with E-state index in [0.29, 0.717) is 19.7 Å². The lowest BCUT2D eigenvalue weighted by atomic mass is 10.1. The molecule has 0 atom stereocenters. The quantitative estimate of drug-likeness (QED) is 0.787. The first kappa shape index (κ1) is 18.8. The standard InChI is InChI=1S/C20H27N3O2/c1-15-13-17(3)19(14-16(15)2)25-12-10-22-20(24)23(4)11-7-18-5-8-21-9-6-18/h5-6,8-9,13-14H,7,10-12H2,1-4H3,(H,22,24). The number of carbonyl (C=O) groups excluding carboxylic acids is 1. The molecular weight excluding hydrogens is 314 g/mol. The molecule has 0 spiro atoms. The van der Waals surface area contributed by atoms with Crippen molar-refractivity contribution < 1.29 is 9.53 Å². The highest BCUT2D eigenvalue weighted by Gasteiger charge is 2.08. The summed E-state index contributed by atoms with van der Waals surface area (Å²) in [6, 6.07) is 8.01. The number of benzene rings is 1. The van der Waals surface area contributed by atoms with E-state index in [1.807, 2.05) is 25.1 Å². The van der Waals surface area contributed by atoms with Gasteiger partial charge in [0.15, 0.2) is 0 Å². The molecule has 0 saturated heterocycles. The molecule has 0 radical (unpaired) electrons. The number of hydrogen-bond acceptors (Lipinski definition) is 3. The summed E-state index contributed by atoms with van der Waals surface area (Å²) < 4.78 is 5.79. The van der Waals surface area contributed by atoms with Crippen LogP contribution in [0.5, 0.6) is 5.75 Å². The summed E-state index contributed by atoms with van der Waals surface area (Å²) in [6.45, 7) is 7.79. The highest BCUT2D eigenvalue weighted by atomic mass is 16.5. The highest BCUT2D eigenvalue weighted by Crippen LogP contribution is 2.22. The number of nitrogens with zero attached hydrogens (tertiary/aromatic N) is 2. The number of urea groups is 1. The maximum Gasteiger partial charge on any atom is 0.317 e. The summed E-state index contributed by atoms with van der Waals surface area (Å²) in [7, 11) is 1.80. The lowest BCUT2D eigenvalue weighted by Gasteiger charge is -2.18. The summed E-state index contributed by atoms with van der Waals surface area (Å²) in [5.74, 6) is 0.878. The maximum atomic E-state index is 12.1. The van der Waals surface area contributed by atoms with Crippen LogP contribution in [0.2, 0.25) is 0 Å². The van der Waals surface area contributed by atoms with Gasteiger partial charge in [-0.1, -0.05) is 6.07 Å². The Morgan fingerprint density at radius 2 is 1.80 bits per heavy atom. The van der Waals surface area contributed by atoms with Crippen LogP contribution in [0.3, 0.4) is 0 Å². The highest BCUT2D eigenvalue weighted by molar-refractivity contribution is 5.73. The van der Waals surface area contributed by atoms with Crippen molar-refractivity contribution in [2.45, 2.75) is 27.2 Å². The number of rotatable bonds is 7. The van der Waals surface area contributed by atoms with Crippen molar-refractivity contribution in [1.29, 1.82) is 0 Å². The van der Waals surface area contributed by atoms with Crippen LogP contribution in [0, 0.1) is 20.8 Å². The van der Waals surface area contributed by atoms with E-state index >= 15 is 0 Å². The molecule has 25 heavy (non-hydrogen) atoms. The van der Waals surface area contributed by atoms with E-state index in [1.165, 1.54) is 16.7 Å². The smallest absolute Gasteiger partial charge is 0.317 e. The van der Waals surface area contributed by atoms with E-state index in [-0.39, 0.29) is 6.03 Å². The molecule has 2 amide bonds. The van der Waals surface area contributed by atoms with E-state index < -0.39 is 0 Å². The average Bonchev–Trinajstić information content (AvgIpc) is 2.61. The number of likely N-dealkylation sites (N-methyl/N-ethyl adjacent to an activating group) is 1. The maximum absolute atomic E-state index is 12.1. The van der Waals surface area contributed by atoms with Crippen molar-refractivity contribution in [2.24, 2.45) is 0 Å². The first-order chi connectivity index (χ1) is 12.0. The zero-order chi connectivity index (χ0) is 18.2. The molecular formula is C20H27N3O2. The van der Waals surface area contributed by atoms with Gasteiger partial charge in [0.1, 0.15) is 12.4 Å². The van der Waals surface area contributed by atoms with E-state index in [9.17, 15) is 4.79 Å². The molecule has 0 aliphatic rings. The zero-order valence-electron chi connectivity index (χ0n) is 15.5. The molecule has 0 saturated carbocycles. The molecule has 0 bridgehead atoms. The molecule has 1 aromatic heterocycles. The van der Waals surface area contributed by atoms with Crippen molar-refractivity contribution in [3.05, 3.63) is 58.9 Å². The van der Waals surface area contributed by atoms with Crippen LogP contribution in [0.25, 0.3) is 0 Å². The molecule has 1 N–H and O–H groups in total. The van der Waals surface area contributed by atoms with Crippen molar-refractivity contribution in [3.63, 3.8) is 0 Å². The normalized spacial score (nSPS) is 10.4. The average molecular weight is 341 g/mol. The van der Waals surface area contributed by atoms with Gasteiger partial charge in [-0.3, -0.25) is 4.98 Å². The van der Waals surface area contributed by atoms with E-state index in [4.69, 9.17) is 4.74 Å². The van der Waals surface area contributed by atoms with Crippen molar-refractivity contribution in [1.82, 2.24) is 15.2 Å². The predicted octanol–water partition coefficient (Wildman–Crippen LogP) is 3.27. The fourth-order valence-corrected chi connectivity index (χ4v) is 2.49. The minimum Gasteiger partial charge on any atom is -0.491 e. The molecule has 0 unspecified atom stereocenters. The fraction of sp³-hybridized carbons (Fsp3) is 0.400. The lowest BCUT2D eigenvalue weighted by molar-refractivity contribution is 0.206. The lowest BCUT2D eigenvalue weighted by Crippen LogP contribution is -2.40. The molecule has 5 heteroatoms. The Bertz CT molecular complexity index is 702. The number of nitrogens with one attached hydrogen (secondary N) is 1. The molecule has 2 aromatic rings. The number of pyridine rings is 1. The Morgan fingerprint density at radius 3 is 2.52 bits per heavy atom. The minimum absolute atomic E-state index is 0.0885. The molecule has 0 fully saturated rings. The van der Waals surface area contributed by atoms with Crippen LogP contribution in [0.15, 0.2) is 36.7 Å². The zero-order valence-corrected chi connectivity index (χ0v) is 15.5. The van der Waals surface area contributed by atoms with Gasteiger partial charge in [-0.15, -0.1) is 0 Å². The van der Waals surface area contributed by atoms with Crippen LogP contribution < -0.4 is 10.1 Å². The Hall–Kier alpha value is -2.56. The van der Waals surface area contributed by atoms with Gasteiger partial charge in [0.25, 0.3) is 0 Å². The van der Waals surface area contributed by atoms with Gasteiger partial charge in [-0.2, -0.15) is 0 Å². The predicted molar refractivity (Wildman–Crippen MR) is 100 cm³/mol. The van der Waals surface area contributed by atoms with E-state index in [2.05, 4.69) is 30.2 Å². The molecule has 1 heterocycles. The third kappa shape index (κ3) is 5.78. The van der Waals surface area contributed by atoms with Crippen LogP contribution in [0.1, 0.15) is 22.3 Å². The summed E-state index contributed by atoms with van der Waals surface area (Å²) in [5.41, 5.74) is 4.75. The third-order valence-corrected chi connectivity index (χ3v) is 4.26. The second-order valence-electron chi connectivity index (χ2n) is 6.31. The third-order valence-electron chi connectivity index (χ3n) is 4.26. The Labute approximate surface area is 150 Å². The Morgan fingerprint density at radius 1 is 1.12 bits per heavy atom. The van der Waals surface area contributed by atoms with Gasteiger partial charge < -0.3 is 15.0 Å². The number of ether oxygens (including phenoxy) is 1. The monoisotopic (exact) mass is 341 g/mol. The number of aryl methyl sites for hydroxylation is 3. The Kier molecular flexibility index (Phi) is 6.81. The van der Waals surface area contributed by atoms with Gasteiger partial charge in [-0.25, -0.2) is 4.79 Å². The topological polar surface area (TPSA) is 54.5 Å². The number of aromatic nitrogens is 1. The number of amides is 2. The van der Waals surface area contributed by atoms with Crippen molar-refractivity contribution in [3.8, 4) is 5.75 Å². The number of hydrogen-bond donors (Lipinski definition) is 1. The van der Waals surface area contributed by atoms with E-state index in [0.717, 1.165) is 17.7 Å². The van der Waals surface area contributed by atoms with Gasteiger partial charge in [-0.05, 0) is 67.6 Å². The van der Waals surface area contributed by atoms with Crippen LogP contribution in [-0.2, 0) is 6.42 Å². The molecule has 5 nitrogen and oxygen atoms in total.